The molecule has 1 unspecified atom stereocenters. The molecule has 3 heterocycles. The van der Waals surface area contributed by atoms with E-state index in [2.05, 4.69) is 22.6 Å². The molecule has 0 bridgehead atoms. The van der Waals surface area contributed by atoms with Crippen LogP contribution in [0.1, 0.15) is 22.9 Å². The molecule has 1 aromatic heterocycles. The van der Waals surface area contributed by atoms with Gasteiger partial charge in [-0.25, -0.2) is 9.80 Å². The molecule has 1 fully saturated rings. The number of rotatable bonds is 4. The van der Waals surface area contributed by atoms with Crippen LogP contribution in [0, 0.1) is 0 Å². The van der Waals surface area contributed by atoms with Crippen molar-refractivity contribution in [1.29, 1.82) is 0 Å². The van der Waals surface area contributed by atoms with E-state index in [1.165, 1.54) is 5.01 Å². The number of hydrogen-bond acceptors (Lipinski definition) is 5. The summed E-state index contributed by atoms with van der Waals surface area (Å²) < 4.78 is 0. The molecule has 2 aliphatic rings. The Morgan fingerprint density at radius 1 is 1.10 bits per heavy atom. The summed E-state index contributed by atoms with van der Waals surface area (Å²) in [5.41, 5.74) is 1.77. The van der Waals surface area contributed by atoms with Crippen molar-refractivity contribution in [2.45, 2.75) is 12.5 Å². The standard InChI is InChI=1S/C22H18N4O3S/c27-20-12-23-22(29)25(20)13-21(28)26-18(19-6-3-9-30-19)11-17(24-26)16-8-7-14-4-1-2-5-15(14)10-16/h1-10,18H,11-13H2,(H,23,29). The molecule has 3 aromatic rings. The molecule has 0 radical (unpaired) electrons. The van der Waals surface area contributed by atoms with E-state index in [4.69, 9.17) is 0 Å². The van der Waals surface area contributed by atoms with Crippen LogP contribution in [-0.2, 0) is 9.59 Å². The molecule has 0 saturated carbocycles. The maximum absolute atomic E-state index is 13.0. The Labute approximate surface area is 176 Å². The molecule has 150 valence electrons. The van der Waals surface area contributed by atoms with Crippen LogP contribution in [0.3, 0.4) is 0 Å². The Morgan fingerprint density at radius 3 is 2.67 bits per heavy atom. The van der Waals surface area contributed by atoms with Crippen LogP contribution in [0.25, 0.3) is 10.8 Å². The average molecular weight is 418 g/mol. The van der Waals surface area contributed by atoms with Crippen LogP contribution in [-0.4, -0.2) is 46.6 Å². The molecular formula is C22H18N4O3S. The summed E-state index contributed by atoms with van der Waals surface area (Å²) in [5, 5.41) is 12.7. The zero-order valence-electron chi connectivity index (χ0n) is 15.9. The minimum atomic E-state index is -0.543. The predicted octanol–water partition coefficient (Wildman–Crippen LogP) is 3.13. The van der Waals surface area contributed by atoms with Gasteiger partial charge >= 0.3 is 6.03 Å². The first kappa shape index (κ1) is 18.5. The summed E-state index contributed by atoms with van der Waals surface area (Å²) in [6.07, 6.45) is 0.574. The Bertz CT molecular complexity index is 1170. The fourth-order valence-electron chi connectivity index (χ4n) is 3.81. The second-order valence-corrected chi connectivity index (χ2v) is 8.20. The number of carbonyl (C=O) groups is 3. The first-order chi connectivity index (χ1) is 14.6. The van der Waals surface area contributed by atoms with Gasteiger partial charge in [0.25, 0.3) is 11.8 Å². The molecule has 1 saturated heterocycles. The zero-order chi connectivity index (χ0) is 20.7. The zero-order valence-corrected chi connectivity index (χ0v) is 16.8. The number of thiophene rings is 1. The molecule has 2 aromatic carbocycles. The van der Waals surface area contributed by atoms with Gasteiger partial charge in [0.1, 0.15) is 6.54 Å². The largest absolute Gasteiger partial charge is 0.329 e. The quantitative estimate of drug-likeness (QED) is 0.661. The third-order valence-electron chi connectivity index (χ3n) is 5.35. The van der Waals surface area contributed by atoms with Crippen LogP contribution >= 0.6 is 11.3 Å². The number of amides is 4. The summed E-state index contributed by atoms with van der Waals surface area (Å²) in [4.78, 5) is 38.7. The molecule has 4 amide bonds. The van der Waals surface area contributed by atoms with Crippen molar-refractivity contribution in [3.63, 3.8) is 0 Å². The van der Waals surface area contributed by atoms with Crippen molar-refractivity contribution in [1.82, 2.24) is 15.2 Å². The van der Waals surface area contributed by atoms with E-state index in [0.717, 1.165) is 31.8 Å². The van der Waals surface area contributed by atoms with Gasteiger partial charge in [0.15, 0.2) is 0 Å². The minimum absolute atomic E-state index is 0.0773. The van der Waals surface area contributed by atoms with Gasteiger partial charge < -0.3 is 5.32 Å². The van der Waals surface area contributed by atoms with E-state index in [0.29, 0.717) is 6.42 Å². The third-order valence-corrected chi connectivity index (χ3v) is 6.32. The number of fused-ring (bicyclic) bond motifs is 1. The van der Waals surface area contributed by atoms with Gasteiger partial charge in [-0.1, -0.05) is 42.5 Å². The van der Waals surface area contributed by atoms with Crippen molar-refractivity contribution in [3.05, 3.63) is 70.4 Å². The Balaban J connectivity index is 1.47. The fraction of sp³-hybridized carbons (Fsp3) is 0.182. The minimum Gasteiger partial charge on any atom is -0.329 e. The van der Waals surface area contributed by atoms with Crippen molar-refractivity contribution >= 4 is 45.7 Å². The van der Waals surface area contributed by atoms with Gasteiger partial charge in [0, 0.05) is 11.3 Å². The fourth-order valence-corrected chi connectivity index (χ4v) is 4.62. The molecule has 0 spiro atoms. The second kappa shape index (κ2) is 7.38. The molecule has 5 rings (SSSR count). The molecule has 8 heteroatoms. The molecule has 1 atom stereocenters. The van der Waals surface area contributed by atoms with Crippen molar-refractivity contribution in [2.24, 2.45) is 5.10 Å². The monoisotopic (exact) mass is 418 g/mol. The first-order valence-corrected chi connectivity index (χ1v) is 10.5. The van der Waals surface area contributed by atoms with Crippen LogP contribution < -0.4 is 5.32 Å². The van der Waals surface area contributed by atoms with Gasteiger partial charge in [-0.15, -0.1) is 11.3 Å². The van der Waals surface area contributed by atoms with Gasteiger partial charge in [-0.2, -0.15) is 5.10 Å². The lowest BCUT2D eigenvalue weighted by Gasteiger charge is -2.22. The first-order valence-electron chi connectivity index (χ1n) is 9.60. The maximum atomic E-state index is 13.0. The number of nitrogens with zero attached hydrogens (tertiary/aromatic N) is 3. The average Bonchev–Trinajstić information content (AvgIpc) is 3.50. The molecule has 1 N–H and O–H groups in total. The number of urea groups is 1. The number of benzene rings is 2. The Kier molecular flexibility index (Phi) is 4.55. The van der Waals surface area contributed by atoms with Gasteiger partial charge in [-0.05, 0) is 33.8 Å². The molecule has 7 nitrogen and oxygen atoms in total. The maximum Gasteiger partial charge on any atom is 0.325 e. The normalized spacial score (nSPS) is 18.8. The van der Waals surface area contributed by atoms with Crippen LogP contribution in [0.5, 0.6) is 0 Å². The molecular weight excluding hydrogens is 400 g/mol. The third kappa shape index (κ3) is 3.25. The predicted molar refractivity (Wildman–Crippen MR) is 114 cm³/mol. The molecule has 2 aliphatic heterocycles. The SMILES string of the molecule is O=C1CNC(=O)N1CC(=O)N1N=C(c2ccc3ccccc3c2)CC1c1cccs1. The van der Waals surface area contributed by atoms with E-state index >= 15 is 0 Å². The summed E-state index contributed by atoms with van der Waals surface area (Å²) >= 11 is 1.56. The lowest BCUT2D eigenvalue weighted by atomic mass is 10.00. The Morgan fingerprint density at radius 2 is 1.93 bits per heavy atom. The highest BCUT2D eigenvalue weighted by Crippen LogP contribution is 2.35. The number of hydrogen-bond donors (Lipinski definition) is 1. The second-order valence-electron chi connectivity index (χ2n) is 7.22. The highest BCUT2D eigenvalue weighted by molar-refractivity contribution is 7.10. The van der Waals surface area contributed by atoms with Crippen molar-refractivity contribution < 1.29 is 14.4 Å². The summed E-state index contributed by atoms with van der Waals surface area (Å²) in [5.74, 6) is -0.784. The van der Waals surface area contributed by atoms with E-state index in [9.17, 15) is 14.4 Å². The van der Waals surface area contributed by atoms with Crippen LogP contribution in [0.15, 0.2) is 65.1 Å². The summed E-state index contributed by atoms with van der Waals surface area (Å²) in [6, 6.07) is 17.3. The topological polar surface area (TPSA) is 82.1 Å². The number of imide groups is 1. The summed E-state index contributed by atoms with van der Waals surface area (Å²) in [7, 11) is 0. The lowest BCUT2D eigenvalue weighted by molar-refractivity contribution is -0.137. The van der Waals surface area contributed by atoms with E-state index in [1.54, 1.807) is 11.3 Å². The van der Waals surface area contributed by atoms with Crippen LogP contribution in [0.2, 0.25) is 0 Å². The highest BCUT2D eigenvalue weighted by Gasteiger charge is 2.37. The van der Waals surface area contributed by atoms with Crippen molar-refractivity contribution in [2.75, 3.05) is 13.1 Å². The molecule has 30 heavy (non-hydrogen) atoms. The highest BCUT2D eigenvalue weighted by atomic mass is 32.1. The summed E-state index contributed by atoms with van der Waals surface area (Å²) in [6.45, 7) is -0.396. The van der Waals surface area contributed by atoms with E-state index in [-0.39, 0.29) is 25.0 Å². The number of carbonyl (C=O) groups excluding carboxylic acids is 3. The van der Waals surface area contributed by atoms with E-state index in [1.807, 2.05) is 47.8 Å². The van der Waals surface area contributed by atoms with Gasteiger partial charge in [-0.3, -0.25) is 14.5 Å². The number of hydrazone groups is 1. The van der Waals surface area contributed by atoms with Gasteiger partial charge in [0.05, 0.1) is 18.3 Å². The van der Waals surface area contributed by atoms with Crippen LogP contribution in [0.4, 0.5) is 4.79 Å². The van der Waals surface area contributed by atoms with E-state index < -0.39 is 11.9 Å². The lowest BCUT2D eigenvalue weighted by Crippen LogP contribution is -2.41. The van der Waals surface area contributed by atoms with Gasteiger partial charge in [0.2, 0.25) is 0 Å². The number of nitrogens with one attached hydrogen (secondary N) is 1. The van der Waals surface area contributed by atoms with Crippen molar-refractivity contribution in [3.8, 4) is 0 Å². The molecule has 0 aliphatic carbocycles. The smallest absolute Gasteiger partial charge is 0.325 e. The Hall–Kier alpha value is -3.52.